The number of nitrogens with zero attached hydrogens (tertiary/aromatic N) is 5. The van der Waals surface area contributed by atoms with Gasteiger partial charge in [0.05, 0.1) is 0 Å². The summed E-state index contributed by atoms with van der Waals surface area (Å²) in [4.78, 5) is 52.0. The second kappa shape index (κ2) is 10.5. The first-order valence-electron chi connectivity index (χ1n) is 12.2. The molecule has 2 saturated heterocycles. The van der Waals surface area contributed by atoms with Crippen molar-refractivity contribution in [3.63, 3.8) is 0 Å². The van der Waals surface area contributed by atoms with Crippen LogP contribution >= 0.6 is 0 Å². The zero-order valence-corrected chi connectivity index (χ0v) is 19.5. The van der Waals surface area contributed by atoms with E-state index in [1.807, 2.05) is 6.07 Å². The summed E-state index contributed by atoms with van der Waals surface area (Å²) in [7, 11) is 0. The second-order valence-electron chi connectivity index (χ2n) is 9.34. The van der Waals surface area contributed by atoms with Gasteiger partial charge in [0.2, 0.25) is 11.9 Å². The number of anilines is 1. The predicted octanol–water partition coefficient (Wildman–Crippen LogP) is 0.996. The molecule has 1 spiro atoms. The molecule has 1 aromatic rings. The highest BCUT2D eigenvalue weighted by atomic mass is 16.2. The molecule has 10 heteroatoms. The molecule has 0 aromatic carbocycles. The third-order valence-electron chi connectivity index (χ3n) is 7.26. The van der Waals surface area contributed by atoms with E-state index >= 15 is 0 Å². The minimum Gasteiger partial charge on any atom is -0.354 e. The van der Waals surface area contributed by atoms with Crippen molar-refractivity contribution >= 4 is 23.8 Å². The number of imide groups is 1. The van der Waals surface area contributed by atoms with Gasteiger partial charge in [-0.05, 0) is 50.6 Å². The molecule has 4 rings (SSSR count). The van der Waals surface area contributed by atoms with Gasteiger partial charge in [-0.2, -0.15) is 0 Å². The highest BCUT2D eigenvalue weighted by Gasteiger charge is 2.52. The summed E-state index contributed by atoms with van der Waals surface area (Å²) in [6.45, 7) is 6.97. The SMILES string of the molecule is CCC1CCC2(CC1)NC(=O)N(CC(=O)NCCCN1CCN(c3ncccn3)CC1)C2=O. The van der Waals surface area contributed by atoms with Crippen molar-refractivity contribution < 1.29 is 14.4 Å². The van der Waals surface area contributed by atoms with Gasteiger partial charge in [-0.15, -0.1) is 0 Å². The van der Waals surface area contributed by atoms with Gasteiger partial charge < -0.3 is 15.5 Å². The first-order valence-corrected chi connectivity index (χ1v) is 12.2. The number of aromatic nitrogens is 2. The number of hydrogen-bond acceptors (Lipinski definition) is 7. The number of nitrogens with one attached hydrogen (secondary N) is 2. The zero-order chi connectivity index (χ0) is 23.3. The molecule has 0 radical (unpaired) electrons. The summed E-state index contributed by atoms with van der Waals surface area (Å²) in [5, 5.41) is 5.75. The maximum absolute atomic E-state index is 12.9. The number of carbonyl (C=O) groups excluding carboxylic acids is 3. The lowest BCUT2D eigenvalue weighted by atomic mass is 9.75. The van der Waals surface area contributed by atoms with E-state index in [-0.39, 0.29) is 18.4 Å². The van der Waals surface area contributed by atoms with Crippen LogP contribution in [-0.2, 0) is 9.59 Å². The number of urea groups is 1. The quantitative estimate of drug-likeness (QED) is 0.442. The molecule has 4 amide bonds. The van der Waals surface area contributed by atoms with E-state index in [0.717, 1.165) is 69.3 Å². The number of rotatable bonds is 8. The van der Waals surface area contributed by atoms with Gasteiger partial charge in [0.1, 0.15) is 12.1 Å². The fourth-order valence-corrected chi connectivity index (χ4v) is 5.09. The number of amides is 4. The first-order chi connectivity index (χ1) is 16.0. The average Bonchev–Trinajstić information content (AvgIpc) is 3.07. The van der Waals surface area contributed by atoms with Crippen molar-refractivity contribution in [1.82, 2.24) is 30.4 Å². The number of carbonyl (C=O) groups is 3. The maximum atomic E-state index is 12.9. The van der Waals surface area contributed by atoms with Gasteiger partial charge in [-0.25, -0.2) is 14.8 Å². The van der Waals surface area contributed by atoms with Crippen LogP contribution in [0.4, 0.5) is 10.7 Å². The van der Waals surface area contributed by atoms with E-state index < -0.39 is 11.6 Å². The predicted molar refractivity (Wildman–Crippen MR) is 124 cm³/mol. The molecule has 3 heterocycles. The van der Waals surface area contributed by atoms with Gasteiger partial charge in [0, 0.05) is 45.1 Å². The Kier molecular flexibility index (Phi) is 7.42. The Morgan fingerprint density at radius 1 is 1.15 bits per heavy atom. The van der Waals surface area contributed by atoms with Crippen LogP contribution in [0.2, 0.25) is 0 Å². The van der Waals surface area contributed by atoms with Gasteiger partial charge in [0.15, 0.2) is 0 Å². The van der Waals surface area contributed by atoms with Crippen molar-refractivity contribution in [2.24, 2.45) is 5.92 Å². The lowest BCUT2D eigenvalue weighted by molar-refractivity contribution is -0.136. The molecular weight excluding hydrogens is 422 g/mol. The fraction of sp³-hybridized carbons (Fsp3) is 0.696. The maximum Gasteiger partial charge on any atom is 0.325 e. The van der Waals surface area contributed by atoms with Gasteiger partial charge in [-0.3, -0.25) is 19.4 Å². The summed E-state index contributed by atoms with van der Waals surface area (Å²) in [5.74, 6) is 0.860. The molecule has 0 unspecified atom stereocenters. The summed E-state index contributed by atoms with van der Waals surface area (Å²) >= 11 is 0. The molecule has 33 heavy (non-hydrogen) atoms. The van der Waals surface area contributed by atoms with Crippen LogP contribution in [0.15, 0.2) is 18.5 Å². The van der Waals surface area contributed by atoms with Crippen LogP contribution in [0.1, 0.15) is 45.4 Å². The summed E-state index contributed by atoms with van der Waals surface area (Å²) in [5.41, 5.74) is -0.796. The van der Waals surface area contributed by atoms with E-state index in [0.29, 0.717) is 25.3 Å². The molecule has 3 fully saturated rings. The Bertz CT molecular complexity index is 834. The third-order valence-corrected chi connectivity index (χ3v) is 7.26. The van der Waals surface area contributed by atoms with Crippen LogP contribution in [0.3, 0.4) is 0 Å². The lowest BCUT2D eigenvalue weighted by Crippen LogP contribution is -2.50. The minimum absolute atomic E-state index is 0.209. The van der Waals surface area contributed by atoms with Gasteiger partial charge in [-0.1, -0.05) is 13.3 Å². The standard InChI is InChI=1S/C23H35N7O3/c1-2-18-5-7-23(8-6-18)20(32)30(22(33)27-23)17-19(31)24-11-4-12-28-13-15-29(16-14-28)21-25-9-3-10-26-21/h3,9-10,18H,2,4-8,11-17H2,1H3,(H,24,31)(H,27,33). The molecule has 0 bridgehead atoms. The van der Waals surface area contributed by atoms with E-state index in [4.69, 9.17) is 0 Å². The van der Waals surface area contributed by atoms with Crippen LogP contribution in [0, 0.1) is 5.92 Å². The molecule has 0 atom stereocenters. The van der Waals surface area contributed by atoms with Crippen molar-refractivity contribution in [3.8, 4) is 0 Å². The fourth-order valence-electron chi connectivity index (χ4n) is 5.09. The molecule has 180 valence electrons. The number of piperazine rings is 1. The Morgan fingerprint density at radius 3 is 2.52 bits per heavy atom. The first kappa shape index (κ1) is 23.4. The Labute approximate surface area is 195 Å². The zero-order valence-electron chi connectivity index (χ0n) is 19.5. The monoisotopic (exact) mass is 457 g/mol. The molecule has 1 saturated carbocycles. The Morgan fingerprint density at radius 2 is 1.85 bits per heavy atom. The smallest absolute Gasteiger partial charge is 0.325 e. The van der Waals surface area contributed by atoms with E-state index in [9.17, 15) is 14.4 Å². The Hall–Kier alpha value is -2.75. The Balaban J connectivity index is 1.14. The van der Waals surface area contributed by atoms with E-state index in [1.165, 1.54) is 0 Å². The summed E-state index contributed by atoms with van der Waals surface area (Å²) < 4.78 is 0. The number of hydrogen-bond donors (Lipinski definition) is 2. The topological polar surface area (TPSA) is 111 Å². The molecular formula is C23H35N7O3. The van der Waals surface area contributed by atoms with Crippen molar-refractivity contribution in [2.75, 3.05) is 50.7 Å². The summed E-state index contributed by atoms with van der Waals surface area (Å²) in [6.07, 6.45) is 8.64. The second-order valence-corrected chi connectivity index (χ2v) is 9.34. The van der Waals surface area contributed by atoms with E-state index in [2.05, 4.69) is 37.3 Å². The van der Waals surface area contributed by atoms with E-state index in [1.54, 1.807) is 12.4 Å². The highest BCUT2D eigenvalue weighted by molar-refractivity contribution is 6.09. The van der Waals surface area contributed by atoms with Gasteiger partial charge >= 0.3 is 6.03 Å². The molecule has 10 nitrogen and oxygen atoms in total. The van der Waals surface area contributed by atoms with Crippen molar-refractivity contribution in [1.29, 1.82) is 0 Å². The molecule has 3 aliphatic rings. The largest absolute Gasteiger partial charge is 0.354 e. The van der Waals surface area contributed by atoms with Crippen LogP contribution < -0.4 is 15.5 Å². The van der Waals surface area contributed by atoms with Crippen LogP contribution in [-0.4, -0.2) is 89.0 Å². The molecule has 1 aromatic heterocycles. The van der Waals surface area contributed by atoms with Crippen LogP contribution in [0.5, 0.6) is 0 Å². The van der Waals surface area contributed by atoms with Crippen molar-refractivity contribution in [3.05, 3.63) is 18.5 Å². The normalized spacial score (nSPS) is 26.0. The van der Waals surface area contributed by atoms with Crippen molar-refractivity contribution in [2.45, 2.75) is 51.0 Å². The van der Waals surface area contributed by atoms with Crippen LogP contribution in [0.25, 0.3) is 0 Å². The summed E-state index contributed by atoms with van der Waals surface area (Å²) in [6, 6.07) is 1.38. The average molecular weight is 458 g/mol. The highest BCUT2D eigenvalue weighted by Crippen LogP contribution is 2.37. The molecule has 2 aliphatic heterocycles. The third kappa shape index (κ3) is 5.43. The van der Waals surface area contributed by atoms with Gasteiger partial charge in [0.25, 0.3) is 5.91 Å². The molecule has 1 aliphatic carbocycles. The lowest BCUT2D eigenvalue weighted by Gasteiger charge is -2.34. The minimum atomic E-state index is -0.796. The molecule has 2 N–H and O–H groups in total.